The number of benzene rings is 2. The van der Waals surface area contributed by atoms with Crippen LogP contribution in [0.2, 0.25) is 0 Å². The Hall–Kier alpha value is -3.68. The molecule has 0 aliphatic heterocycles. The smallest absolute Gasteiger partial charge is 0.335 e. The van der Waals surface area contributed by atoms with Gasteiger partial charge in [-0.1, -0.05) is 6.07 Å². The zero-order chi connectivity index (χ0) is 17.5. The van der Waals surface area contributed by atoms with Gasteiger partial charge in [-0.15, -0.1) is 0 Å². The molecule has 2 aromatic carbocycles. The maximum absolute atomic E-state index is 11.7. The van der Waals surface area contributed by atoms with Crippen molar-refractivity contribution < 1.29 is 24.6 Å². The Morgan fingerprint density at radius 2 is 1.71 bits per heavy atom. The van der Waals surface area contributed by atoms with Crippen molar-refractivity contribution in [1.29, 1.82) is 0 Å². The Balaban J connectivity index is 1.92. The van der Waals surface area contributed by atoms with Gasteiger partial charge in [0, 0.05) is 5.69 Å². The number of hydrogen-bond donors (Lipinski definition) is 4. The van der Waals surface area contributed by atoms with Crippen molar-refractivity contribution in [3.8, 4) is 5.75 Å². The van der Waals surface area contributed by atoms with E-state index in [1.165, 1.54) is 42.6 Å². The molecule has 0 bridgehead atoms. The molecule has 0 aliphatic rings. The summed E-state index contributed by atoms with van der Waals surface area (Å²) in [5.41, 5.74) is 2.82. The molecule has 0 aromatic heterocycles. The molecule has 2 aromatic rings. The molecule has 0 spiro atoms. The fraction of sp³-hybridized carbons (Fsp3) is 0. The van der Waals surface area contributed by atoms with Crippen LogP contribution >= 0.6 is 0 Å². The number of carboxylic acids is 1. The number of amides is 2. The molecule has 8 nitrogen and oxygen atoms in total. The van der Waals surface area contributed by atoms with Crippen molar-refractivity contribution in [3.63, 3.8) is 0 Å². The molecule has 122 valence electrons. The summed E-state index contributed by atoms with van der Waals surface area (Å²) >= 11 is 0. The van der Waals surface area contributed by atoms with Crippen LogP contribution in [0.15, 0.2) is 53.6 Å². The number of carbonyl (C=O) groups is 3. The molecule has 4 N–H and O–H groups in total. The predicted molar refractivity (Wildman–Crippen MR) is 85.9 cm³/mol. The van der Waals surface area contributed by atoms with E-state index in [1.807, 2.05) is 5.43 Å². The molecule has 0 fully saturated rings. The molecule has 24 heavy (non-hydrogen) atoms. The number of rotatable bonds is 4. The normalized spacial score (nSPS) is 10.3. The number of phenols is 1. The van der Waals surface area contributed by atoms with Crippen molar-refractivity contribution in [3.05, 3.63) is 59.7 Å². The maximum Gasteiger partial charge on any atom is 0.335 e. The standard InChI is InChI=1S/C16H13N3O5/c20-13-6-4-10(5-7-13)9-17-19-15(22)14(21)18-12-3-1-2-11(8-12)16(23)24/h1-9,20H,(H,18,21)(H,19,22)(H,23,24). The third-order valence-corrected chi connectivity index (χ3v) is 2.85. The average molecular weight is 327 g/mol. The van der Waals surface area contributed by atoms with Gasteiger partial charge in [-0.2, -0.15) is 5.10 Å². The number of anilines is 1. The Morgan fingerprint density at radius 3 is 2.38 bits per heavy atom. The second kappa shape index (κ2) is 7.54. The number of carboxylic acid groups (broad SMARTS) is 1. The van der Waals surface area contributed by atoms with E-state index in [4.69, 9.17) is 10.2 Å². The fourth-order valence-corrected chi connectivity index (χ4v) is 1.69. The van der Waals surface area contributed by atoms with Gasteiger partial charge in [0.2, 0.25) is 0 Å². The first-order chi connectivity index (χ1) is 11.5. The highest BCUT2D eigenvalue weighted by Crippen LogP contribution is 2.10. The number of carbonyl (C=O) groups excluding carboxylic acids is 2. The fourth-order valence-electron chi connectivity index (χ4n) is 1.69. The van der Waals surface area contributed by atoms with E-state index in [1.54, 1.807) is 12.1 Å². The summed E-state index contributed by atoms with van der Waals surface area (Å²) in [7, 11) is 0. The molecule has 0 atom stereocenters. The monoisotopic (exact) mass is 327 g/mol. The SMILES string of the molecule is O=C(NN=Cc1ccc(O)cc1)C(=O)Nc1cccc(C(=O)O)c1. The van der Waals surface area contributed by atoms with Crippen molar-refractivity contribution in [2.45, 2.75) is 0 Å². The summed E-state index contributed by atoms with van der Waals surface area (Å²) in [4.78, 5) is 34.2. The molecule has 0 unspecified atom stereocenters. The van der Waals surface area contributed by atoms with Crippen LogP contribution < -0.4 is 10.7 Å². The number of nitrogens with zero attached hydrogens (tertiary/aromatic N) is 1. The molecular formula is C16H13N3O5. The molecule has 0 aliphatic carbocycles. The lowest BCUT2D eigenvalue weighted by molar-refractivity contribution is -0.136. The molecule has 8 heteroatoms. The van der Waals surface area contributed by atoms with Crippen LogP contribution in [0.5, 0.6) is 5.75 Å². The van der Waals surface area contributed by atoms with E-state index >= 15 is 0 Å². The van der Waals surface area contributed by atoms with Gasteiger partial charge < -0.3 is 15.5 Å². The minimum Gasteiger partial charge on any atom is -0.508 e. The minimum absolute atomic E-state index is 0.0152. The van der Waals surface area contributed by atoms with Crippen molar-refractivity contribution in [2.75, 3.05) is 5.32 Å². The third kappa shape index (κ3) is 4.67. The summed E-state index contributed by atoms with van der Waals surface area (Å²) < 4.78 is 0. The molecule has 0 saturated heterocycles. The Morgan fingerprint density at radius 1 is 1.00 bits per heavy atom. The lowest BCUT2D eigenvalue weighted by Gasteiger charge is -2.04. The first kappa shape index (κ1) is 16.7. The lowest BCUT2D eigenvalue weighted by atomic mass is 10.2. The Bertz CT molecular complexity index is 800. The average Bonchev–Trinajstić information content (AvgIpc) is 2.56. The van der Waals surface area contributed by atoms with E-state index < -0.39 is 17.8 Å². The van der Waals surface area contributed by atoms with E-state index in [2.05, 4.69) is 10.4 Å². The van der Waals surface area contributed by atoms with E-state index in [0.29, 0.717) is 5.56 Å². The number of hydrogen-bond acceptors (Lipinski definition) is 5. The van der Waals surface area contributed by atoms with Crippen LogP contribution in [0, 0.1) is 0 Å². The van der Waals surface area contributed by atoms with E-state index in [-0.39, 0.29) is 17.0 Å². The summed E-state index contributed by atoms with van der Waals surface area (Å²) in [6, 6.07) is 11.5. The second-order valence-electron chi connectivity index (χ2n) is 4.63. The minimum atomic E-state index is -1.14. The lowest BCUT2D eigenvalue weighted by Crippen LogP contribution is -2.32. The highest BCUT2D eigenvalue weighted by molar-refractivity contribution is 6.39. The van der Waals surface area contributed by atoms with Gasteiger partial charge in [0.05, 0.1) is 11.8 Å². The predicted octanol–water partition coefficient (Wildman–Crippen LogP) is 1.18. The van der Waals surface area contributed by atoms with E-state index in [9.17, 15) is 14.4 Å². The summed E-state index contributed by atoms with van der Waals surface area (Å²) in [5, 5.41) is 23.9. The maximum atomic E-state index is 11.7. The van der Waals surface area contributed by atoms with Crippen molar-refractivity contribution >= 4 is 29.7 Å². The van der Waals surface area contributed by atoms with Crippen LogP contribution in [0.4, 0.5) is 5.69 Å². The topological polar surface area (TPSA) is 128 Å². The van der Waals surface area contributed by atoms with Crippen molar-refractivity contribution in [1.82, 2.24) is 5.43 Å². The number of aromatic carboxylic acids is 1. The summed E-state index contributed by atoms with van der Waals surface area (Å²) in [6.45, 7) is 0. The number of phenolic OH excluding ortho intramolecular Hbond substituents is 1. The molecule has 2 rings (SSSR count). The molecule has 2 amide bonds. The van der Waals surface area contributed by atoms with E-state index in [0.717, 1.165) is 0 Å². The molecule has 0 saturated carbocycles. The quantitative estimate of drug-likeness (QED) is 0.381. The van der Waals surface area contributed by atoms with Crippen LogP contribution in [0.3, 0.4) is 0 Å². The van der Waals surface area contributed by atoms with Crippen LogP contribution in [-0.4, -0.2) is 34.2 Å². The summed E-state index contributed by atoms with van der Waals surface area (Å²) in [6.07, 6.45) is 1.30. The number of aromatic hydroxyl groups is 1. The van der Waals surface area contributed by atoms with Crippen LogP contribution in [0.1, 0.15) is 15.9 Å². The Labute approximate surface area is 136 Å². The Kier molecular flexibility index (Phi) is 5.24. The number of nitrogens with one attached hydrogen (secondary N) is 2. The van der Waals surface area contributed by atoms with Crippen molar-refractivity contribution in [2.24, 2.45) is 5.10 Å². The van der Waals surface area contributed by atoms with Gasteiger partial charge in [-0.05, 0) is 48.0 Å². The van der Waals surface area contributed by atoms with Gasteiger partial charge in [0.25, 0.3) is 0 Å². The van der Waals surface area contributed by atoms with Gasteiger partial charge in [0.1, 0.15) is 5.75 Å². The van der Waals surface area contributed by atoms with Crippen LogP contribution in [-0.2, 0) is 9.59 Å². The second-order valence-corrected chi connectivity index (χ2v) is 4.63. The first-order valence-electron chi connectivity index (χ1n) is 6.72. The number of hydrazone groups is 1. The highest BCUT2D eigenvalue weighted by atomic mass is 16.4. The summed E-state index contributed by atoms with van der Waals surface area (Å²) in [5.74, 6) is -3.04. The van der Waals surface area contributed by atoms with Gasteiger partial charge in [0.15, 0.2) is 0 Å². The molecular weight excluding hydrogens is 314 g/mol. The molecule has 0 radical (unpaired) electrons. The van der Waals surface area contributed by atoms with Crippen LogP contribution in [0.25, 0.3) is 0 Å². The van der Waals surface area contributed by atoms with Gasteiger partial charge in [-0.25, -0.2) is 10.2 Å². The zero-order valence-electron chi connectivity index (χ0n) is 12.3. The highest BCUT2D eigenvalue weighted by Gasteiger charge is 2.13. The zero-order valence-corrected chi connectivity index (χ0v) is 12.3. The van der Waals surface area contributed by atoms with Gasteiger partial charge in [-0.3, -0.25) is 9.59 Å². The molecule has 0 heterocycles. The third-order valence-electron chi connectivity index (χ3n) is 2.85. The van der Waals surface area contributed by atoms with Gasteiger partial charge >= 0.3 is 17.8 Å². The largest absolute Gasteiger partial charge is 0.508 e. The first-order valence-corrected chi connectivity index (χ1v) is 6.72.